The predicted molar refractivity (Wildman–Crippen MR) is 56.0 cm³/mol. The van der Waals surface area contributed by atoms with E-state index in [-0.39, 0.29) is 0 Å². The summed E-state index contributed by atoms with van der Waals surface area (Å²) in [6.07, 6.45) is 2.36. The van der Waals surface area contributed by atoms with E-state index in [1.165, 1.54) is 6.42 Å². The van der Waals surface area contributed by atoms with Crippen molar-refractivity contribution in [2.45, 2.75) is 25.7 Å². The molecule has 1 unspecified atom stereocenters. The largest absolute Gasteiger partial charge is 0.466 e. The molecule has 0 saturated carbocycles. The van der Waals surface area contributed by atoms with Gasteiger partial charge in [0.05, 0.1) is 18.5 Å². The van der Waals surface area contributed by atoms with Gasteiger partial charge in [-0.25, -0.2) is 0 Å². The van der Waals surface area contributed by atoms with Crippen molar-refractivity contribution >= 4 is 0 Å². The van der Waals surface area contributed by atoms with Gasteiger partial charge in [-0.15, -0.1) is 5.10 Å². The summed E-state index contributed by atoms with van der Waals surface area (Å²) in [5, 5.41) is 11.5. The Hall–Kier alpha value is -1.23. The van der Waals surface area contributed by atoms with E-state index in [2.05, 4.69) is 20.5 Å². The molecule has 1 aromatic rings. The monoisotopic (exact) mass is 208 g/mol. The number of aromatic nitrogens is 3. The molecule has 5 heteroatoms. The Morgan fingerprint density at radius 1 is 1.40 bits per heavy atom. The second kappa shape index (κ2) is 4.53. The summed E-state index contributed by atoms with van der Waals surface area (Å²) >= 11 is 0. The van der Waals surface area contributed by atoms with Crippen LogP contribution in [0.15, 0.2) is 0 Å². The van der Waals surface area contributed by atoms with Crippen molar-refractivity contribution in [2.75, 3.05) is 20.2 Å². The van der Waals surface area contributed by atoms with Crippen LogP contribution in [0, 0.1) is 6.92 Å². The van der Waals surface area contributed by atoms with Crippen molar-refractivity contribution in [1.82, 2.24) is 20.5 Å². The fraction of sp³-hybridized carbons (Fsp3) is 0.700. The Bertz CT molecular complexity index is 336. The highest BCUT2D eigenvalue weighted by molar-refractivity contribution is 5.16. The quantitative estimate of drug-likeness (QED) is 0.773. The van der Waals surface area contributed by atoms with Crippen molar-refractivity contribution in [1.29, 1.82) is 0 Å². The number of hydrogen-bond acceptors (Lipinski definition) is 5. The van der Waals surface area contributed by atoms with Crippen molar-refractivity contribution in [3.8, 4) is 6.01 Å². The van der Waals surface area contributed by atoms with Gasteiger partial charge in [-0.2, -0.15) is 4.98 Å². The maximum absolute atomic E-state index is 4.94. The molecule has 0 radical (unpaired) electrons. The molecule has 2 heterocycles. The van der Waals surface area contributed by atoms with Crippen molar-refractivity contribution < 1.29 is 4.74 Å². The standard InChI is InChI=1S/C10H16N4O/c1-7-9(8-4-3-5-11-6-8)13-14-10(12-7)15-2/h8,11H,3-6H2,1-2H3. The van der Waals surface area contributed by atoms with Gasteiger partial charge in [-0.1, -0.05) is 5.10 Å². The minimum Gasteiger partial charge on any atom is -0.466 e. The predicted octanol–water partition coefficient (Wildman–Crippen LogP) is 0.656. The number of methoxy groups -OCH3 is 1. The molecule has 0 aliphatic carbocycles. The fourth-order valence-corrected chi connectivity index (χ4v) is 1.94. The highest BCUT2D eigenvalue weighted by Crippen LogP contribution is 2.23. The van der Waals surface area contributed by atoms with E-state index >= 15 is 0 Å². The fourth-order valence-electron chi connectivity index (χ4n) is 1.94. The van der Waals surface area contributed by atoms with Gasteiger partial charge in [0.2, 0.25) is 0 Å². The van der Waals surface area contributed by atoms with Crippen LogP contribution >= 0.6 is 0 Å². The van der Waals surface area contributed by atoms with Gasteiger partial charge >= 0.3 is 6.01 Å². The maximum Gasteiger partial charge on any atom is 0.335 e. The van der Waals surface area contributed by atoms with E-state index in [1.54, 1.807) is 7.11 Å². The molecule has 0 aromatic carbocycles. The van der Waals surface area contributed by atoms with Crippen LogP contribution in [-0.4, -0.2) is 35.4 Å². The first-order valence-electron chi connectivity index (χ1n) is 5.27. The molecular weight excluding hydrogens is 192 g/mol. The lowest BCUT2D eigenvalue weighted by atomic mass is 9.95. The Labute approximate surface area is 89.3 Å². The third-order valence-corrected chi connectivity index (χ3v) is 2.74. The number of ether oxygens (including phenoxy) is 1. The lowest BCUT2D eigenvalue weighted by Gasteiger charge is -2.22. The van der Waals surface area contributed by atoms with Crippen LogP contribution in [0.3, 0.4) is 0 Å². The van der Waals surface area contributed by atoms with Crippen LogP contribution in [0.5, 0.6) is 6.01 Å². The number of piperidine rings is 1. The summed E-state index contributed by atoms with van der Waals surface area (Å²) in [6.45, 7) is 4.04. The Balaban J connectivity index is 2.19. The van der Waals surface area contributed by atoms with Crippen LogP contribution in [0.1, 0.15) is 30.1 Å². The van der Waals surface area contributed by atoms with E-state index in [4.69, 9.17) is 4.74 Å². The van der Waals surface area contributed by atoms with Crippen LogP contribution < -0.4 is 10.1 Å². The van der Waals surface area contributed by atoms with E-state index in [0.29, 0.717) is 11.9 Å². The number of nitrogens with zero attached hydrogens (tertiary/aromatic N) is 3. The van der Waals surface area contributed by atoms with Crippen LogP contribution in [0.4, 0.5) is 0 Å². The molecule has 2 rings (SSSR count). The lowest BCUT2D eigenvalue weighted by molar-refractivity contribution is 0.366. The Morgan fingerprint density at radius 2 is 2.27 bits per heavy atom. The molecule has 1 aliphatic heterocycles. The topological polar surface area (TPSA) is 59.9 Å². The first-order valence-corrected chi connectivity index (χ1v) is 5.27. The molecule has 1 aliphatic rings. The average Bonchev–Trinajstić information content (AvgIpc) is 2.30. The molecule has 0 spiro atoms. The summed E-state index contributed by atoms with van der Waals surface area (Å²) in [5.41, 5.74) is 1.93. The van der Waals surface area contributed by atoms with Crippen LogP contribution in [0.2, 0.25) is 0 Å². The van der Waals surface area contributed by atoms with Crippen LogP contribution in [-0.2, 0) is 0 Å². The van der Waals surface area contributed by atoms with Crippen LogP contribution in [0.25, 0.3) is 0 Å². The maximum atomic E-state index is 4.94. The highest BCUT2D eigenvalue weighted by Gasteiger charge is 2.19. The molecule has 0 amide bonds. The van der Waals surface area contributed by atoms with E-state index < -0.39 is 0 Å². The summed E-state index contributed by atoms with van der Waals surface area (Å²) in [5.74, 6) is 0.449. The normalized spacial score (nSPS) is 21.3. The van der Waals surface area contributed by atoms with Gasteiger partial charge in [0.1, 0.15) is 0 Å². The summed E-state index contributed by atoms with van der Waals surface area (Å²) in [6, 6.07) is 0.347. The molecule has 1 atom stereocenters. The smallest absolute Gasteiger partial charge is 0.335 e. The van der Waals surface area contributed by atoms with E-state index in [9.17, 15) is 0 Å². The summed E-state index contributed by atoms with van der Waals surface area (Å²) in [7, 11) is 1.55. The number of aryl methyl sites for hydroxylation is 1. The minimum absolute atomic E-state index is 0.347. The molecule has 5 nitrogen and oxygen atoms in total. The molecule has 1 fully saturated rings. The van der Waals surface area contributed by atoms with E-state index in [1.807, 2.05) is 6.92 Å². The van der Waals surface area contributed by atoms with Gasteiger partial charge < -0.3 is 10.1 Å². The zero-order valence-electron chi connectivity index (χ0n) is 9.16. The molecule has 1 aromatic heterocycles. The molecular formula is C10H16N4O. The molecule has 0 bridgehead atoms. The second-order valence-corrected chi connectivity index (χ2v) is 3.81. The third kappa shape index (κ3) is 2.23. The van der Waals surface area contributed by atoms with Crippen molar-refractivity contribution in [2.24, 2.45) is 0 Å². The number of rotatable bonds is 2. The lowest BCUT2D eigenvalue weighted by Crippen LogP contribution is -2.29. The SMILES string of the molecule is COc1nnc(C2CCCNC2)c(C)n1. The summed E-state index contributed by atoms with van der Waals surface area (Å²) < 4.78 is 4.94. The van der Waals surface area contributed by atoms with Crippen molar-refractivity contribution in [3.05, 3.63) is 11.4 Å². The number of nitrogens with one attached hydrogen (secondary N) is 1. The van der Waals surface area contributed by atoms with Gasteiger partial charge in [-0.3, -0.25) is 0 Å². The zero-order chi connectivity index (χ0) is 10.7. The van der Waals surface area contributed by atoms with Gasteiger partial charge in [0, 0.05) is 12.5 Å². The molecule has 1 N–H and O–H groups in total. The van der Waals surface area contributed by atoms with Gasteiger partial charge in [-0.05, 0) is 26.3 Å². The minimum atomic E-state index is 0.347. The Morgan fingerprint density at radius 3 is 2.87 bits per heavy atom. The highest BCUT2D eigenvalue weighted by atomic mass is 16.5. The van der Waals surface area contributed by atoms with Crippen molar-refractivity contribution in [3.63, 3.8) is 0 Å². The first-order chi connectivity index (χ1) is 7.31. The molecule has 1 saturated heterocycles. The van der Waals surface area contributed by atoms with Gasteiger partial charge in [0.15, 0.2) is 0 Å². The first kappa shape index (κ1) is 10.3. The average molecular weight is 208 g/mol. The molecule has 82 valence electrons. The Kier molecular flexibility index (Phi) is 3.11. The summed E-state index contributed by atoms with van der Waals surface area (Å²) in [4.78, 5) is 4.24. The van der Waals surface area contributed by atoms with Gasteiger partial charge in [0.25, 0.3) is 0 Å². The second-order valence-electron chi connectivity index (χ2n) is 3.81. The number of hydrogen-bond donors (Lipinski definition) is 1. The third-order valence-electron chi connectivity index (χ3n) is 2.74. The van der Waals surface area contributed by atoms with E-state index in [0.717, 1.165) is 30.9 Å². The molecule has 15 heavy (non-hydrogen) atoms. The zero-order valence-corrected chi connectivity index (χ0v) is 9.16.